The van der Waals surface area contributed by atoms with Crippen molar-refractivity contribution in [2.75, 3.05) is 4.90 Å². The van der Waals surface area contributed by atoms with Gasteiger partial charge in [-0.25, -0.2) is 0 Å². The van der Waals surface area contributed by atoms with E-state index < -0.39 is 0 Å². The molecule has 0 unspecified atom stereocenters. The van der Waals surface area contributed by atoms with Crippen molar-refractivity contribution in [1.82, 2.24) is 0 Å². The molecule has 0 bridgehead atoms. The lowest BCUT2D eigenvalue weighted by molar-refractivity contribution is -0.117. The number of nitrogens with zero attached hydrogens (tertiary/aromatic N) is 1. The van der Waals surface area contributed by atoms with Crippen LogP contribution in [0.15, 0.2) is 114 Å². The summed E-state index contributed by atoms with van der Waals surface area (Å²) in [6.45, 7) is 0. The molecule has 2 nitrogen and oxygen atoms in total. The number of fused-ring (bicyclic) bond motifs is 2. The summed E-state index contributed by atoms with van der Waals surface area (Å²) in [5, 5.41) is -0.345. The van der Waals surface area contributed by atoms with E-state index >= 15 is 0 Å². The predicted molar refractivity (Wildman–Crippen MR) is 129 cm³/mol. The molecule has 1 aliphatic heterocycles. The number of para-hydroxylation sites is 2. The first-order chi connectivity index (χ1) is 15.3. The molecule has 0 fully saturated rings. The number of benzene rings is 4. The molecular formula is C28H23NOS. The molecule has 0 saturated carbocycles. The molecule has 1 aliphatic rings. The van der Waals surface area contributed by atoms with Gasteiger partial charge >= 0.3 is 0 Å². The van der Waals surface area contributed by atoms with E-state index in [1.807, 2.05) is 65.6 Å². The maximum Gasteiger partial charge on any atom is 0.249 e. The van der Waals surface area contributed by atoms with Crippen LogP contribution in [-0.4, -0.2) is 5.91 Å². The van der Waals surface area contributed by atoms with Crippen LogP contribution in [0, 0.1) is 0 Å². The topological polar surface area (TPSA) is 20.3 Å². The number of thioether (sulfide) groups is 1. The monoisotopic (exact) mass is 421 g/mol. The van der Waals surface area contributed by atoms with Crippen LogP contribution in [0.1, 0.15) is 21.9 Å². The molecule has 1 amide bonds. The van der Waals surface area contributed by atoms with Crippen LogP contribution >= 0.6 is 11.8 Å². The maximum atomic E-state index is 14.3. The largest absolute Gasteiger partial charge is 0.279 e. The number of hydrogen-bond donors (Lipinski definition) is 0. The van der Waals surface area contributed by atoms with Gasteiger partial charge < -0.3 is 0 Å². The molecule has 152 valence electrons. The number of aryl methyl sites for hydroxylation is 2. The van der Waals surface area contributed by atoms with Gasteiger partial charge in [0.2, 0.25) is 5.91 Å². The summed E-state index contributed by atoms with van der Waals surface area (Å²) in [6.07, 6.45) is 1.86. The third-order valence-corrected chi connectivity index (χ3v) is 6.93. The van der Waals surface area contributed by atoms with Crippen molar-refractivity contribution in [3.05, 3.63) is 126 Å². The quantitative estimate of drug-likeness (QED) is 0.331. The van der Waals surface area contributed by atoms with E-state index in [4.69, 9.17) is 0 Å². The first-order valence-corrected chi connectivity index (χ1v) is 11.5. The van der Waals surface area contributed by atoms with Crippen molar-refractivity contribution >= 4 is 29.0 Å². The van der Waals surface area contributed by atoms with Gasteiger partial charge in [-0.2, -0.15) is 0 Å². The highest BCUT2D eigenvalue weighted by atomic mass is 32.2. The molecule has 4 aromatic rings. The Morgan fingerprint density at radius 1 is 0.645 bits per heavy atom. The van der Waals surface area contributed by atoms with E-state index in [9.17, 15) is 4.79 Å². The Bertz CT molecular complexity index is 1140. The summed E-state index contributed by atoms with van der Waals surface area (Å²) in [6, 6.07) is 36.9. The number of amides is 1. The molecule has 0 spiro atoms. The van der Waals surface area contributed by atoms with Gasteiger partial charge in [-0.3, -0.25) is 9.69 Å². The average Bonchev–Trinajstić information content (AvgIpc) is 3.00. The molecule has 3 heteroatoms. The lowest BCUT2D eigenvalue weighted by Crippen LogP contribution is -2.31. The van der Waals surface area contributed by atoms with Gasteiger partial charge in [0.1, 0.15) is 5.25 Å². The van der Waals surface area contributed by atoms with E-state index in [0.717, 1.165) is 34.7 Å². The summed E-state index contributed by atoms with van der Waals surface area (Å²) in [4.78, 5) is 17.3. The van der Waals surface area contributed by atoms with Crippen LogP contribution in [0.3, 0.4) is 0 Å². The van der Waals surface area contributed by atoms with Gasteiger partial charge in [0.15, 0.2) is 0 Å². The van der Waals surface area contributed by atoms with Crippen molar-refractivity contribution in [2.24, 2.45) is 0 Å². The Labute approximate surface area is 187 Å². The number of rotatable bonds is 4. The van der Waals surface area contributed by atoms with E-state index in [1.165, 1.54) is 11.1 Å². The van der Waals surface area contributed by atoms with E-state index in [2.05, 4.69) is 48.5 Å². The minimum atomic E-state index is -0.345. The molecule has 4 aromatic carbocycles. The number of hydrogen-bond acceptors (Lipinski definition) is 2. The van der Waals surface area contributed by atoms with Crippen LogP contribution in [-0.2, 0) is 17.6 Å². The Balaban J connectivity index is 1.64. The summed E-state index contributed by atoms with van der Waals surface area (Å²) >= 11 is 1.61. The molecule has 0 aliphatic carbocycles. The third kappa shape index (κ3) is 4.01. The highest BCUT2D eigenvalue weighted by Crippen LogP contribution is 2.43. The van der Waals surface area contributed by atoms with Crippen molar-refractivity contribution in [1.29, 1.82) is 0 Å². The fraction of sp³-hybridized carbons (Fsp3) is 0.107. The zero-order chi connectivity index (χ0) is 21.0. The van der Waals surface area contributed by atoms with Crippen molar-refractivity contribution in [3.8, 4) is 0 Å². The minimum Gasteiger partial charge on any atom is -0.279 e. The molecule has 0 radical (unpaired) electrons. The zero-order valence-electron chi connectivity index (χ0n) is 17.1. The smallest absolute Gasteiger partial charge is 0.249 e. The molecule has 5 rings (SSSR count). The summed E-state index contributed by atoms with van der Waals surface area (Å²) in [5.41, 5.74) is 5.42. The lowest BCUT2D eigenvalue weighted by Gasteiger charge is -2.29. The predicted octanol–water partition coefficient (Wildman–Crippen LogP) is 6.98. The van der Waals surface area contributed by atoms with Crippen LogP contribution in [0.4, 0.5) is 11.4 Å². The summed E-state index contributed by atoms with van der Waals surface area (Å²) in [5.74, 6) is 0.0850. The second-order valence-electron chi connectivity index (χ2n) is 7.65. The Hall–Kier alpha value is -3.30. The zero-order valence-corrected chi connectivity index (χ0v) is 18.0. The van der Waals surface area contributed by atoms with Crippen molar-refractivity contribution < 1.29 is 4.79 Å². The van der Waals surface area contributed by atoms with Crippen LogP contribution < -0.4 is 4.90 Å². The molecule has 0 N–H and O–H groups in total. The first kappa shape index (κ1) is 19.7. The first-order valence-electron chi connectivity index (χ1n) is 10.6. The van der Waals surface area contributed by atoms with Crippen LogP contribution in [0.2, 0.25) is 0 Å². The molecular weight excluding hydrogens is 398 g/mol. The third-order valence-electron chi connectivity index (χ3n) is 5.67. The second kappa shape index (κ2) is 8.83. The molecule has 0 aromatic heterocycles. The van der Waals surface area contributed by atoms with Gasteiger partial charge in [-0.15, -0.1) is 11.8 Å². The standard InChI is InChI=1S/C28H23NOS/c30-28(27(23-13-3-1-4-14-23)31-24-15-5-2-6-16-24)29-25-17-9-7-11-21(25)19-20-22-12-8-10-18-26(22)29/h1-18,27H,19-20H2/t27-/m1/s1. The Morgan fingerprint density at radius 3 is 1.71 bits per heavy atom. The number of anilines is 2. The molecule has 1 atom stereocenters. The highest BCUT2D eigenvalue weighted by Gasteiger charge is 2.32. The lowest BCUT2D eigenvalue weighted by atomic mass is 10.0. The average molecular weight is 422 g/mol. The Morgan fingerprint density at radius 2 is 1.13 bits per heavy atom. The van der Waals surface area contributed by atoms with Gasteiger partial charge in [0.05, 0.1) is 11.4 Å². The molecule has 0 saturated heterocycles. The minimum absolute atomic E-state index is 0.0850. The second-order valence-corrected chi connectivity index (χ2v) is 8.83. The van der Waals surface area contributed by atoms with Crippen molar-refractivity contribution in [2.45, 2.75) is 23.0 Å². The molecule has 1 heterocycles. The fourth-order valence-electron chi connectivity index (χ4n) is 4.16. The van der Waals surface area contributed by atoms with Crippen molar-refractivity contribution in [3.63, 3.8) is 0 Å². The van der Waals surface area contributed by atoms with E-state index in [1.54, 1.807) is 11.8 Å². The van der Waals surface area contributed by atoms with Gasteiger partial charge in [0.25, 0.3) is 0 Å². The van der Waals surface area contributed by atoms with Crippen LogP contribution in [0.25, 0.3) is 0 Å². The SMILES string of the molecule is O=C([C@H](Sc1ccccc1)c1ccccc1)N1c2ccccc2CCc2ccccc21. The van der Waals surface area contributed by atoms with E-state index in [0.29, 0.717) is 0 Å². The number of carbonyl (C=O) groups excluding carboxylic acids is 1. The summed E-state index contributed by atoms with van der Waals surface area (Å²) < 4.78 is 0. The highest BCUT2D eigenvalue weighted by molar-refractivity contribution is 8.00. The normalized spacial score (nSPS) is 13.6. The fourth-order valence-corrected chi connectivity index (χ4v) is 5.24. The Kier molecular flexibility index (Phi) is 5.59. The maximum absolute atomic E-state index is 14.3. The van der Waals surface area contributed by atoms with Gasteiger partial charge in [-0.1, -0.05) is 84.9 Å². The summed E-state index contributed by atoms with van der Waals surface area (Å²) in [7, 11) is 0. The number of carbonyl (C=O) groups is 1. The molecule has 31 heavy (non-hydrogen) atoms. The van der Waals surface area contributed by atoms with E-state index in [-0.39, 0.29) is 11.2 Å². The van der Waals surface area contributed by atoms with Crippen LogP contribution in [0.5, 0.6) is 0 Å². The van der Waals surface area contributed by atoms with Gasteiger partial charge in [0, 0.05) is 4.90 Å². The van der Waals surface area contributed by atoms with Gasteiger partial charge in [-0.05, 0) is 53.8 Å².